The highest BCUT2D eigenvalue weighted by atomic mass is 28.1. The average Bonchev–Trinajstić information content (AvgIpc) is 2.62. The van der Waals surface area contributed by atoms with Crippen molar-refractivity contribution in [2.45, 2.75) is 135 Å². The van der Waals surface area contributed by atoms with Crippen LogP contribution in [-0.4, -0.2) is 28.9 Å². The van der Waals surface area contributed by atoms with Crippen LogP contribution in [-0.2, 0) is 9.47 Å². The molecule has 0 aliphatic carbocycles. The third kappa shape index (κ3) is 17.5. The average molecular weight is 387 g/mol. The Morgan fingerprint density at radius 3 is 1.12 bits per heavy atom. The molecular weight excluding hydrogens is 336 g/mol. The first-order valence-corrected chi connectivity index (χ1v) is 13.0. The zero-order valence-corrected chi connectivity index (χ0v) is 20.8. The van der Waals surface area contributed by atoms with Crippen molar-refractivity contribution in [3.05, 3.63) is 0 Å². The van der Waals surface area contributed by atoms with Gasteiger partial charge >= 0.3 is 0 Å². The van der Waals surface area contributed by atoms with Gasteiger partial charge in [0, 0.05) is 13.2 Å². The van der Waals surface area contributed by atoms with E-state index in [9.17, 15) is 0 Å². The van der Waals surface area contributed by atoms with Crippen LogP contribution in [0.3, 0.4) is 0 Å². The molecule has 0 unspecified atom stereocenters. The van der Waals surface area contributed by atoms with Crippen molar-refractivity contribution in [2.24, 2.45) is 0 Å². The molecule has 158 valence electrons. The molecule has 0 aromatic heterocycles. The Kier molecular flexibility index (Phi) is 20.0. The first-order valence-electron chi connectivity index (χ1n) is 12.0. The number of rotatable bonds is 21. The summed E-state index contributed by atoms with van der Waals surface area (Å²) in [5.41, 5.74) is -0.223. The van der Waals surface area contributed by atoms with Gasteiger partial charge < -0.3 is 9.47 Å². The van der Waals surface area contributed by atoms with Gasteiger partial charge in [-0.25, -0.2) is 0 Å². The van der Waals surface area contributed by atoms with Gasteiger partial charge in [-0.3, -0.25) is 0 Å². The van der Waals surface area contributed by atoms with Crippen molar-refractivity contribution in [3.8, 4) is 0 Å². The quantitative estimate of drug-likeness (QED) is 0.124. The van der Waals surface area contributed by atoms with E-state index in [1.54, 1.807) is 0 Å². The minimum atomic E-state index is -0.223. The van der Waals surface area contributed by atoms with E-state index in [0.29, 0.717) is 0 Å². The molecule has 0 bridgehead atoms. The third-order valence-electron chi connectivity index (χ3n) is 5.38. The van der Waals surface area contributed by atoms with E-state index in [1.807, 2.05) is 0 Å². The molecule has 0 spiro atoms. The Morgan fingerprint density at radius 1 is 0.500 bits per heavy atom. The minimum absolute atomic E-state index is 0.223. The van der Waals surface area contributed by atoms with Crippen molar-refractivity contribution in [2.75, 3.05) is 13.2 Å². The smallest absolute Gasteiger partial charge is 0.141 e. The molecule has 0 aromatic carbocycles. The van der Waals surface area contributed by atoms with E-state index in [0.717, 1.165) is 29.9 Å². The number of ether oxygens (including phenoxy) is 2. The number of hydrogen-bond donors (Lipinski definition) is 0. The van der Waals surface area contributed by atoms with Crippen LogP contribution in [0.2, 0.25) is 0 Å². The maximum Gasteiger partial charge on any atom is 0.141 e. The van der Waals surface area contributed by atoms with Gasteiger partial charge in [0.1, 0.15) is 5.41 Å². The van der Waals surface area contributed by atoms with Crippen molar-refractivity contribution >= 4 is 10.2 Å². The Bertz CT molecular complexity index is 265. The van der Waals surface area contributed by atoms with Crippen molar-refractivity contribution in [1.82, 2.24) is 0 Å². The van der Waals surface area contributed by atoms with Crippen LogP contribution in [0.4, 0.5) is 0 Å². The summed E-state index contributed by atoms with van der Waals surface area (Å²) in [6, 6.07) is 0. The van der Waals surface area contributed by atoms with E-state index < -0.39 is 0 Å². The summed E-state index contributed by atoms with van der Waals surface area (Å²) in [4.78, 5) is 0. The van der Waals surface area contributed by atoms with Crippen LogP contribution in [0.15, 0.2) is 0 Å². The lowest BCUT2D eigenvalue weighted by Gasteiger charge is -2.29. The molecule has 3 heteroatoms. The van der Waals surface area contributed by atoms with Crippen LogP contribution < -0.4 is 0 Å². The van der Waals surface area contributed by atoms with Crippen LogP contribution >= 0.6 is 0 Å². The molecule has 0 rings (SSSR count). The van der Waals surface area contributed by atoms with Gasteiger partial charge in [-0.05, 0) is 26.7 Å². The normalized spacial score (nSPS) is 12.1. The molecule has 0 saturated heterocycles. The van der Waals surface area contributed by atoms with Gasteiger partial charge in [-0.15, -0.1) is 0 Å². The minimum Gasteiger partial charge on any atom is -0.355 e. The molecule has 0 aliphatic rings. The maximum atomic E-state index is 5.83. The molecule has 0 amide bonds. The van der Waals surface area contributed by atoms with Gasteiger partial charge in [0.15, 0.2) is 0 Å². The van der Waals surface area contributed by atoms with E-state index in [-0.39, 0.29) is 5.41 Å². The number of unbranched alkanes of at least 4 members (excludes halogenated alkanes) is 15. The second-order valence-electron chi connectivity index (χ2n) is 8.05. The highest BCUT2D eigenvalue weighted by Crippen LogP contribution is 2.19. The van der Waals surface area contributed by atoms with Gasteiger partial charge in [-0.2, -0.15) is 0 Å². The predicted octanol–water partition coefficient (Wildman–Crippen LogP) is 6.73. The van der Waals surface area contributed by atoms with Crippen LogP contribution in [0, 0.1) is 0 Å². The monoisotopic (exact) mass is 386 g/mol. The van der Waals surface area contributed by atoms with E-state index in [4.69, 9.17) is 9.47 Å². The zero-order valence-electron chi connectivity index (χ0n) is 18.8. The van der Waals surface area contributed by atoms with Crippen molar-refractivity contribution < 1.29 is 9.47 Å². The summed E-state index contributed by atoms with van der Waals surface area (Å²) in [6.07, 6.45) is 23.8. The molecule has 26 heavy (non-hydrogen) atoms. The molecule has 0 aromatic rings. The third-order valence-corrected chi connectivity index (χ3v) is 6.46. The maximum absolute atomic E-state index is 5.83. The Balaban J connectivity index is 3.26. The summed E-state index contributed by atoms with van der Waals surface area (Å²) >= 11 is 0. The SMILES string of the molecule is CCCCCCCCCCCCCCCCCCC([SiH3])(OCC)OCC. The van der Waals surface area contributed by atoms with E-state index in [1.165, 1.54) is 103 Å². The van der Waals surface area contributed by atoms with Crippen LogP contribution in [0.25, 0.3) is 0 Å². The standard InChI is InChI=1S/C23H50O2Si/c1-4-7-8-9-10-11-12-13-14-15-16-17-18-19-20-21-22-23(26,24-5-2)25-6-3/h4-22H2,1-3,26H3. The highest BCUT2D eigenvalue weighted by molar-refractivity contribution is 6.13. The first kappa shape index (κ1) is 26.1. The van der Waals surface area contributed by atoms with Gasteiger partial charge in [0.2, 0.25) is 0 Å². The summed E-state index contributed by atoms with van der Waals surface area (Å²) in [5, 5.41) is 0. The lowest BCUT2D eigenvalue weighted by Crippen LogP contribution is -2.36. The lowest BCUT2D eigenvalue weighted by molar-refractivity contribution is -0.177. The lowest BCUT2D eigenvalue weighted by atomic mass is 10.0. The Morgan fingerprint density at radius 2 is 0.808 bits per heavy atom. The molecule has 0 heterocycles. The van der Waals surface area contributed by atoms with Crippen LogP contribution in [0.5, 0.6) is 0 Å². The summed E-state index contributed by atoms with van der Waals surface area (Å²) in [6.45, 7) is 7.96. The molecule has 0 radical (unpaired) electrons. The second kappa shape index (κ2) is 19.9. The largest absolute Gasteiger partial charge is 0.355 e. The fourth-order valence-electron chi connectivity index (χ4n) is 3.79. The topological polar surface area (TPSA) is 18.5 Å². The van der Waals surface area contributed by atoms with Crippen molar-refractivity contribution in [3.63, 3.8) is 0 Å². The van der Waals surface area contributed by atoms with Crippen LogP contribution in [0.1, 0.15) is 130 Å². The molecule has 0 atom stereocenters. The fraction of sp³-hybridized carbons (Fsp3) is 1.00. The molecule has 2 nitrogen and oxygen atoms in total. The Hall–Kier alpha value is 0.137. The molecule has 0 saturated carbocycles. The van der Waals surface area contributed by atoms with Gasteiger partial charge in [-0.1, -0.05) is 103 Å². The summed E-state index contributed by atoms with van der Waals surface area (Å²) in [7, 11) is 0.964. The first-order chi connectivity index (χ1) is 12.7. The number of hydrogen-bond acceptors (Lipinski definition) is 2. The summed E-state index contributed by atoms with van der Waals surface area (Å²) < 4.78 is 11.7. The zero-order chi connectivity index (χ0) is 19.3. The summed E-state index contributed by atoms with van der Waals surface area (Å²) in [5.74, 6) is 0. The van der Waals surface area contributed by atoms with E-state index in [2.05, 4.69) is 20.8 Å². The predicted molar refractivity (Wildman–Crippen MR) is 120 cm³/mol. The highest BCUT2D eigenvalue weighted by Gasteiger charge is 2.23. The van der Waals surface area contributed by atoms with Crippen molar-refractivity contribution in [1.29, 1.82) is 0 Å². The van der Waals surface area contributed by atoms with Gasteiger partial charge in [0.05, 0.1) is 10.2 Å². The molecule has 0 aliphatic heterocycles. The van der Waals surface area contributed by atoms with Gasteiger partial charge in [0.25, 0.3) is 0 Å². The fourth-order valence-corrected chi connectivity index (χ4v) is 4.72. The molecule has 0 N–H and O–H groups in total. The Labute approximate surface area is 168 Å². The molecule has 0 fully saturated rings. The molecular formula is C23H50O2Si. The van der Waals surface area contributed by atoms with E-state index >= 15 is 0 Å². The second-order valence-corrected chi connectivity index (χ2v) is 9.58.